The Morgan fingerprint density at radius 1 is 1.02 bits per heavy atom. The Morgan fingerprint density at radius 2 is 1.74 bits per heavy atom. The van der Waals surface area contributed by atoms with Gasteiger partial charge in [-0.05, 0) is 105 Å². The molecule has 1 fully saturated rings. The predicted molar refractivity (Wildman–Crippen MR) is 184 cm³/mol. The van der Waals surface area contributed by atoms with Crippen molar-refractivity contribution in [2.75, 3.05) is 19.0 Å². The minimum Gasteiger partial charge on any atom is -0.493 e. The van der Waals surface area contributed by atoms with Crippen LogP contribution < -0.4 is 15.8 Å². The Kier molecular flexibility index (Phi) is 9.16. The van der Waals surface area contributed by atoms with E-state index in [1.54, 1.807) is 29.5 Å². The number of aromatic nitrogens is 1. The summed E-state index contributed by atoms with van der Waals surface area (Å²) in [4.78, 5) is 48.9. The van der Waals surface area contributed by atoms with E-state index in [9.17, 15) is 14.4 Å². The number of ether oxygens (including phenoxy) is 2. The Labute approximate surface area is 279 Å². The van der Waals surface area contributed by atoms with Gasteiger partial charge in [0.25, 0.3) is 11.8 Å². The molecule has 9 nitrogen and oxygen atoms in total. The van der Waals surface area contributed by atoms with E-state index in [4.69, 9.17) is 15.2 Å². The van der Waals surface area contributed by atoms with Gasteiger partial charge >= 0.3 is 5.97 Å². The van der Waals surface area contributed by atoms with Crippen LogP contribution in [0.15, 0.2) is 47.8 Å². The summed E-state index contributed by atoms with van der Waals surface area (Å²) in [5, 5.41) is 5.17. The monoisotopic (exact) mass is 652 g/mol. The van der Waals surface area contributed by atoms with Gasteiger partial charge in [-0.3, -0.25) is 9.59 Å². The number of nitrogens with two attached hydrogens (primary N) is 1. The van der Waals surface area contributed by atoms with Crippen molar-refractivity contribution in [1.29, 1.82) is 0 Å². The van der Waals surface area contributed by atoms with Crippen LogP contribution in [0.1, 0.15) is 86.7 Å². The van der Waals surface area contributed by atoms with Crippen LogP contribution in [0, 0.1) is 13.8 Å². The van der Waals surface area contributed by atoms with Crippen LogP contribution in [-0.4, -0.2) is 53.5 Å². The normalized spacial score (nSPS) is 17.2. The molecule has 2 aliphatic rings. The van der Waals surface area contributed by atoms with Gasteiger partial charge in [0.05, 0.1) is 13.7 Å². The highest BCUT2D eigenvalue weighted by Gasteiger charge is 2.32. The molecule has 10 heteroatoms. The first-order valence-electron chi connectivity index (χ1n) is 16.0. The molecule has 0 saturated carbocycles. The fourth-order valence-electron chi connectivity index (χ4n) is 6.88. The SMILES string of the molecule is COC(=O)c1nc(C(=O)N2C(C)CCCC2C)ccc1-c1cc2c(cc1C(=O)Nc1c(C)cc(CN)cc1C)-c1sccc1CCO2. The summed E-state index contributed by atoms with van der Waals surface area (Å²) in [5.74, 6) is -0.698. The van der Waals surface area contributed by atoms with Crippen LogP contribution in [0.5, 0.6) is 5.75 Å². The highest BCUT2D eigenvalue weighted by molar-refractivity contribution is 7.13. The number of hydrogen-bond acceptors (Lipinski definition) is 8. The Bertz CT molecular complexity index is 1850. The molecule has 4 aromatic rings. The van der Waals surface area contributed by atoms with Gasteiger partial charge in [0.2, 0.25) is 0 Å². The number of likely N-dealkylation sites (tertiary alicyclic amines) is 1. The summed E-state index contributed by atoms with van der Waals surface area (Å²) in [6.07, 6.45) is 3.60. The maximum absolute atomic E-state index is 14.3. The van der Waals surface area contributed by atoms with Crippen molar-refractivity contribution in [3.63, 3.8) is 0 Å². The average molecular weight is 653 g/mol. The lowest BCUT2D eigenvalue weighted by Crippen LogP contribution is -2.47. The molecule has 2 aliphatic heterocycles. The number of nitrogens with zero attached hydrogens (tertiary/aromatic N) is 2. The number of piperidine rings is 1. The third-order valence-corrected chi connectivity index (χ3v) is 10.3. The molecule has 6 rings (SSSR count). The first-order chi connectivity index (χ1) is 22.6. The summed E-state index contributed by atoms with van der Waals surface area (Å²) >= 11 is 1.59. The number of anilines is 1. The van der Waals surface area contributed by atoms with E-state index in [-0.39, 0.29) is 35.3 Å². The highest BCUT2D eigenvalue weighted by Crippen LogP contribution is 2.43. The first-order valence-corrected chi connectivity index (χ1v) is 16.9. The standard InChI is InChI=1S/C37H40N4O5S/c1-20-15-24(19-38)16-21(2)32(20)40-35(42)28-17-29-31(46-13-11-25-12-14-47-34(25)29)18-27(28)26-9-10-30(39-33(26)37(44)45-5)36(43)41-22(3)7-6-8-23(41)4/h9-10,12,14-18,22-23H,6-8,11,13,19,38H2,1-5H3,(H,40,42). The van der Waals surface area contributed by atoms with Gasteiger partial charge in [0.15, 0.2) is 5.69 Å². The van der Waals surface area contributed by atoms with Crippen molar-refractivity contribution in [2.45, 2.75) is 72.0 Å². The molecule has 0 bridgehead atoms. The van der Waals surface area contributed by atoms with E-state index in [1.807, 2.05) is 56.2 Å². The largest absolute Gasteiger partial charge is 0.493 e. The summed E-state index contributed by atoms with van der Waals surface area (Å²) in [6.45, 7) is 8.81. The van der Waals surface area contributed by atoms with Crippen molar-refractivity contribution in [2.24, 2.45) is 5.73 Å². The molecular weight excluding hydrogens is 612 g/mol. The van der Waals surface area contributed by atoms with Gasteiger partial charge in [0, 0.05) is 57.9 Å². The highest BCUT2D eigenvalue weighted by atomic mass is 32.1. The first kappa shape index (κ1) is 32.4. The number of aryl methyl sites for hydroxylation is 2. The number of carbonyl (C=O) groups excluding carboxylic acids is 3. The molecule has 0 aliphatic carbocycles. The maximum Gasteiger partial charge on any atom is 0.357 e. The minimum absolute atomic E-state index is 0.0465. The van der Waals surface area contributed by atoms with Crippen LogP contribution in [0.2, 0.25) is 0 Å². The number of amides is 2. The summed E-state index contributed by atoms with van der Waals surface area (Å²) in [6, 6.07) is 13.1. The smallest absolute Gasteiger partial charge is 0.357 e. The van der Waals surface area contributed by atoms with Crippen molar-refractivity contribution in [3.05, 3.63) is 87.0 Å². The number of hydrogen-bond donors (Lipinski definition) is 2. The third-order valence-electron chi connectivity index (χ3n) is 9.26. The number of esters is 1. The van der Waals surface area contributed by atoms with Gasteiger partial charge in [-0.2, -0.15) is 0 Å². The number of methoxy groups -OCH3 is 1. The zero-order valence-corrected chi connectivity index (χ0v) is 28.3. The second kappa shape index (κ2) is 13.3. The Morgan fingerprint density at radius 3 is 2.43 bits per heavy atom. The van der Waals surface area contributed by atoms with Crippen LogP contribution in [0.4, 0.5) is 5.69 Å². The fraction of sp³-hybridized carbons (Fsp3) is 0.351. The molecule has 0 radical (unpaired) electrons. The number of benzene rings is 2. The van der Waals surface area contributed by atoms with Crippen LogP contribution in [0.3, 0.4) is 0 Å². The number of pyridine rings is 1. The van der Waals surface area contributed by atoms with Crippen LogP contribution in [0.25, 0.3) is 21.6 Å². The zero-order chi connectivity index (χ0) is 33.4. The lowest BCUT2D eigenvalue weighted by molar-refractivity contribution is 0.0504. The average Bonchev–Trinajstić information content (AvgIpc) is 3.46. The molecule has 244 valence electrons. The molecule has 2 aromatic heterocycles. The Hall–Kier alpha value is -4.54. The molecule has 4 heterocycles. The molecule has 2 atom stereocenters. The fourth-order valence-corrected chi connectivity index (χ4v) is 7.85. The van der Waals surface area contributed by atoms with Gasteiger partial charge in [-0.25, -0.2) is 9.78 Å². The number of nitrogens with one attached hydrogen (secondary N) is 1. The van der Waals surface area contributed by atoms with Crippen molar-refractivity contribution in [1.82, 2.24) is 9.88 Å². The molecule has 0 spiro atoms. The van der Waals surface area contributed by atoms with E-state index in [0.29, 0.717) is 41.3 Å². The van der Waals surface area contributed by atoms with Crippen LogP contribution in [-0.2, 0) is 17.7 Å². The summed E-state index contributed by atoms with van der Waals surface area (Å²) < 4.78 is 11.4. The molecule has 2 aromatic carbocycles. The van der Waals surface area contributed by atoms with E-state index >= 15 is 0 Å². The molecule has 47 heavy (non-hydrogen) atoms. The Balaban J connectivity index is 1.51. The van der Waals surface area contributed by atoms with Gasteiger partial charge in [0.1, 0.15) is 11.4 Å². The molecule has 2 amide bonds. The number of carbonyl (C=O) groups is 3. The van der Waals surface area contributed by atoms with Gasteiger partial charge < -0.3 is 25.4 Å². The third kappa shape index (κ3) is 6.15. The summed E-state index contributed by atoms with van der Waals surface area (Å²) in [7, 11) is 1.28. The second-order valence-corrected chi connectivity index (χ2v) is 13.4. The number of rotatable bonds is 6. The maximum atomic E-state index is 14.3. The molecule has 1 saturated heterocycles. The van der Waals surface area contributed by atoms with Gasteiger partial charge in [-0.1, -0.05) is 12.1 Å². The van der Waals surface area contributed by atoms with Crippen molar-refractivity contribution >= 4 is 34.8 Å². The summed E-state index contributed by atoms with van der Waals surface area (Å²) in [5.41, 5.74) is 12.5. The number of thiophene rings is 1. The van der Waals surface area contributed by atoms with E-state index in [2.05, 4.69) is 16.4 Å². The predicted octanol–water partition coefficient (Wildman–Crippen LogP) is 6.93. The lowest BCUT2D eigenvalue weighted by atomic mass is 9.93. The quantitative estimate of drug-likeness (QED) is 0.217. The van der Waals surface area contributed by atoms with Crippen LogP contribution >= 0.6 is 11.3 Å². The zero-order valence-electron chi connectivity index (χ0n) is 27.4. The van der Waals surface area contributed by atoms with Crippen molar-refractivity contribution in [3.8, 4) is 27.3 Å². The lowest BCUT2D eigenvalue weighted by Gasteiger charge is -2.38. The molecule has 2 unspecified atom stereocenters. The molecule has 3 N–H and O–H groups in total. The van der Waals surface area contributed by atoms with E-state index in [1.165, 1.54) is 7.11 Å². The van der Waals surface area contributed by atoms with Gasteiger partial charge in [-0.15, -0.1) is 11.3 Å². The molecular formula is C37H40N4O5S. The minimum atomic E-state index is -0.707. The second-order valence-electron chi connectivity index (χ2n) is 12.5. The van der Waals surface area contributed by atoms with E-state index < -0.39 is 5.97 Å². The number of fused-ring (bicyclic) bond motifs is 3. The van der Waals surface area contributed by atoms with E-state index in [0.717, 1.165) is 58.4 Å². The topological polar surface area (TPSA) is 124 Å². The van der Waals surface area contributed by atoms with Crippen molar-refractivity contribution < 1.29 is 23.9 Å².